The maximum absolute atomic E-state index is 12.1. The summed E-state index contributed by atoms with van der Waals surface area (Å²) in [7, 11) is 0. The van der Waals surface area contributed by atoms with E-state index < -0.39 is 0 Å². The van der Waals surface area contributed by atoms with Crippen molar-refractivity contribution in [3.63, 3.8) is 0 Å². The molecule has 16 heavy (non-hydrogen) atoms. The van der Waals surface area contributed by atoms with Gasteiger partial charge in [0, 0.05) is 18.5 Å². The molecule has 1 saturated heterocycles. The van der Waals surface area contributed by atoms with Crippen molar-refractivity contribution in [2.75, 3.05) is 6.54 Å². The predicted octanol–water partition coefficient (Wildman–Crippen LogP) is 1.79. The van der Waals surface area contributed by atoms with Gasteiger partial charge in [-0.15, -0.1) is 0 Å². The summed E-state index contributed by atoms with van der Waals surface area (Å²) in [4.78, 5) is 25.7. The second-order valence-corrected chi connectivity index (χ2v) is 4.39. The number of carbonyl (C=O) groups is 2. The summed E-state index contributed by atoms with van der Waals surface area (Å²) >= 11 is 0. The van der Waals surface area contributed by atoms with Gasteiger partial charge in [-0.2, -0.15) is 0 Å². The Hall–Kier alpha value is -1.64. The summed E-state index contributed by atoms with van der Waals surface area (Å²) < 4.78 is 0. The van der Waals surface area contributed by atoms with E-state index in [2.05, 4.69) is 0 Å². The Kier molecular flexibility index (Phi) is 1.90. The largest absolute Gasteiger partial charge is 0.335 e. The number of hydrogen-bond acceptors (Lipinski definition) is 2. The maximum atomic E-state index is 12.1. The van der Waals surface area contributed by atoms with Crippen LogP contribution in [0, 0.1) is 5.92 Å². The molecular weight excluding hydrogens is 202 g/mol. The lowest BCUT2D eigenvalue weighted by atomic mass is 10.0. The van der Waals surface area contributed by atoms with Crippen LogP contribution in [0.25, 0.3) is 0 Å². The van der Waals surface area contributed by atoms with Crippen LogP contribution < -0.4 is 0 Å². The molecule has 3 nitrogen and oxygen atoms in total. The van der Waals surface area contributed by atoms with E-state index in [0.717, 1.165) is 11.1 Å². The molecule has 1 fully saturated rings. The first-order valence-corrected chi connectivity index (χ1v) is 5.66. The van der Waals surface area contributed by atoms with Gasteiger partial charge < -0.3 is 4.90 Å². The van der Waals surface area contributed by atoms with E-state index in [1.165, 1.54) is 0 Å². The fourth-order valence-electron chi connectivity index (χ4n) is 2.96. The van der Waals surface area contributed by atoms with Gasteiger partial charge in [0.05, 0.1) is 12.0 Å². The number of fused-ring (bicyclic) bond motifs is 3. The Labute approximate surface area is 94.1 Å². The topological polar surface area (TPSA) is 37.4 Å². The maximum Gasteiger partial charge on any atom is 0.223 e. The lowest BCUT2D eigenvalue weighted by molar-refractivity contribution is -0.128. The molecule has 3 heteroatoms. The van der Waals surface area contributed by atoms with Crippen LogP contribution in [0.2, 0.25) is 0 Å². The number of hydrogen-bond donors (Lipinski definition) is 0. The molecule has 1 aliphatic heterocycles. The Morgan fingerprint density at radius 2 is 2.06 bits per heavy atom. The van der Waals surface area contributed by atoms with Gasteiger partial charge in [-0.1, -0.05) is 24.3 Å². The van der Waals surface area contributed by atoms with Gasteiger partial charge in [-0.3, -0.25) is 9.59 Å². The predicted molar refractivity (Wildman–Crippen MR) is 59.0 cm³/mol. The molecule has 3 rings (SSSR count). The van der Waals surface area contributed by atoms with Crippen molar-refractivity contribution in [3.8, 4) is 0 Å². The molecule has 0 radical (unpaired) electrons. The number of likely N-dealkylation sites (tertiary alicyclic amines) is 1. The second-order valence-electron chi connectivity index (χ2n) is 4.39. The standard InChI is InChI=1S/C13H13NO2/c1-2-14-11(15)7-10-12(14)8-5-3-4-6-9(8)13(10)16/h3-6,10,12H,2,7H2,1H3. The molecule has 1 heterocycles. The Morgan fingerprint density at radius 1 is 1.31 bits per heavy atom. The fourth-order valence-corrected chi connectivity index (χ4v) is 2.96. The summed E-state index contributed by atoms with van der Waals surface area (Å²) in [5.74, 6) is 0.120. The SMILES string of the molecule is CCN1C(=O)CC2C(=O)c3ccccc3C21. The smallest absolute Gasteiger partial charge is 0.223 e. The Morgan fingerprint density at radius 3 is 2.81 bits per heavy atom. The number of nitrogens with zero attached hydrogens (tertiary/aromatic N) is 1. The third-order valence-electron chi connectivity index (χ3n) is 3.65. The zero-order valence-corrected chi connectivity index (χ0v) is 9.14. The first kappa shape index (κ1) is 9.58. The number of amides is 1. The molecule has 0 saturated carbocycles. The van der Waals surface area contributed by atoms with Crippen molar-refractivity contribution in [3.05, 3.63) is 35.4 Å². The number of Topliss-reactive ketones (excluding diaryl/α,β-unsaturated/α-hetero) is 1. The van der Waals surface area contributed by atoms with Crippen LogP contribution in [0.1, 0.15) is 35.3 Å². The van der Waals surface area contributed by atoms with Crippen molar-refractivity contribution in [1.82, 2.24) is 4.90 Å². The van der Waals surface area contributed by atoms with Crippen molar-refractivity contribution in [1.29, 1.82) is 0 Å². The minimum atomic E-state index is -0.134. The molecule has 2 unspecified atom stereocenters. The Bertz CT molecular complexity index is 481. The van der Waals surface area contributed by atoms with Crippen LogP contribution >= 0.6 is 0 Å². The molecule has 1 aromatic rings. The Balaban J connectivity index is 2.14. The number of carbonyl (C=O) groups excluding carboxylic acids is 2. The normalized spacial score (nSPS) is 27.2. The molecule has 0 bridgehead atoms. The highest BCUT2D eigenvalue weighted by atomic mass is 16.2. The average Bonchev–Trinajstić information content (AvgIpc) is 2.76. The molecule has 1 aromatic carbocycles. The monoisotopic (exact) mass is 215 g/mol. The van der Waals surface area contributed by atoms with Gasteiger partial charge >= 0.3 is 0 Å². The highest BCUT2D eigenvalue weighted by Crippen LogP contribution is 2.46. The van der Waals surface area contributed by atoms with E-state index in [4.69, 9.17) is 0 Å². The molecule has 2 atom stereocenters. The lowest BCUT2D eigenvalue weighted by Crippen LogP contribution is -2.27. The molecule has 0 N–H and O–H groups in total. The molecule has 2 aliphatic rings. The van der Waals surface area contributed by atoms with E-state index >= 15 is 0 Å². The van der Waals surface area contributed by atoms with Gasteiger partial charge in [0.1, 0.15) is 0 Å². The van der Waals surface area contributed by atoms with Crippen LogP contribution in [-0.4, -0.2) is 23.1 Å². The zero-order chi connectivity index (χ0) is 11.3. The molecule has 82 valence electrons. The fraction of sp³-hybridized carbons (Fsp3) is 0.385. The number of rotatable bonds is 1. The van der Waals surface area contributed by atoms with E-state index in [1.807, 2.05) is 36.1 Å². The van der Waals surface area contributed by atoms with Crippen molar-refractivity contribution in [2.45, 2.75) is 19.4 Å². The van der Waals surface area contributed by atoms with E-state index in [9.17, 15) is 9.59 Å². The molecule has 1 aliphatic carbocycles. The molecule has 0 aromatic heterocycles. The third kappa shape index (κ3) is 1.03. The van der Waals surface area contributed by atoms with Crippen molar-refractivity contribution < 1.29 is 9.59 Å². The summed E-state index contributed by atoms with van der Waals surface area (Å²) in [6.45, 7) is 2.65. The van der Waals surface area contributed by atoms with E-state index in [1.54, 1.807) is 0 Å². The lowest BCUT2D eigenvalue weighted by Gasteiger charge is -2.22. The first-order chi connectivity index (χ1) is 7.74. The summed E-state index contributed by atoms with van der Waals surface area (Å²) in [5.41, 5.74) is 1.84. The van der Waals surface area contributed by atoms with Crippen LogP contribution in [0.5, 0.6) is 0 Å². The van der Waals surface area contributed by atoms with Gasteiger partial charge in [0.2, 0.25) is 5.91 Å². The number of benzene rings is 1. The van der Waals surface area contributed by atoms with Crippen LogP contribution in [-0.2, 0) is 4.79 Å². The van der Waals surface area contributed by atoms with Crippen LogP contribution in [0.15, 0.2) is 24.3 Å². The number of ketones is 1. The van der Waals surface area contributed by atoms with Gasteiger partial charge in [-0.05, 0) is 12.5 Å². The minimum Gasteiger partial charge on any atom is -0.335 e. The van der Waals surface area contributed by atoms with Crippen LogP contribution in [0.3, 0.4) is 0 Å². The molecule has 1 amide bonds. The summed E-state index contributed by atoms with van der Waals surface area (Å²) in [6, 6.07) is 7.66. The highest BCUT2D eigenvalue weighted by molar-refractivity contribution is 6.06. The van der Waals surface area contributed by atoms with Gasteiger partial charge in [-0.25, -0.2) is 0 Å². The quantitative estimate of drug-likeness (QED) is 0.716. The van der Waals surface area contributed by atoms with E-state index in [-0.39, 0.29) is 23.7 Å². The summed E-state index contributed by atoms with van der Waals surface area (Å²) in [6.07, 6.45) is 0.381. The average molecular weight is 215 g/mol. The molecule has 0 spiro atoms. The summed E-state index contributed by atoms with van der Waals surface area (Å²) in [5, 5.41) is 0. The first-order valence-electron chi connectivity index (χ1n) is 5.66. The minimum absolute atomic E-state index is 0.00111. The third-order valence-corrected chi connectivity index (χ3v) is 3.65. The van der Waals surface area contributed by atoms with E-state index in [0.29, 0.717) is 13.0 Å². The van der Waals surface area contributed by atoms with Crippen molar-refractivity contribution in [2.24, 2.45) is 5.92 Å². The van der Waals surface area contributed by atoms with Crippen LogP contribution in [0.4, 0.5) is 0 Å². The molecular formula is C13H13NO2. The second kappa shape index (κ2) is 3.17. The van der Waals surface area contributed by atoms with Gasteiger partial charge in [0.15, 0.2) is 5.78 Å². The van der Waals surface area contributed by atoms with Gasteiger partial charge in [0.25, 0.3) is 0 Å². The zero-order valence-electron chi connectivity index (χ0n) is 9.14. The highest BCUT2D eigenvalue weighted by Gasteiger charge is 2.49. The van der Waals surface area contributed by atoms with Crippen molar-refractivity contribution >= 4 is 11.7 Å².